The molecule has 0 atom stereocenters. The summed E-state index contributed by atoms with van der Waals surface area (Å²) in [6.45, 7) is 5.86. The van der Waals surface area contributed by atoms with Crippen LogP contribution in [0, 0.1) is 5.41 Å². The van der Waals surface area contributed by atoms with Crippen molar-refractivity contribution >= 4 is 15.9 Å². The van der Waals surface area contributed by atoms with E-state index in [0.29, 0.717) is 6.61 Å². The Morgan fingerprint density at radius 3 is 2.47 bits per heavy atom. The zero-order valence-corrected chi connectivity index (χ0v) is 12.5. The van der Waals surface area contributed by atoms with Crippen LogP contribution in [0.15, 0.2) is 22.8 Å². The minimum Gasteiger partial charge on any atom is -0.467 e. The van der Waals surface area contributed by atoms with Gasteiger partial charge in [-0.05, 0) is 25.0 Å². The first kappa shape index (κ1) is 14.8. The third kappa shape index (κ3) is 4.84. The predicted octanol–water partition coefficient (Wildman–Crippen LogP) is 4.78. The molecule has 1 aromatic heterocycles. The van der Waals surface area contributed by atoms with Crippen LogP contribution < -0.4 is 0 Å². The van der Waals surface area contributed by atoms with E-state index in [4.69, 9.17) is 9.15 Å². The van der Waals surface area contributed by atoms with Crippen LogP contribution in [0.25, 0.3) is 0 Å². The molecule has 1 heterocycles. The largest absolute Gasteiger partial charge is 0.467 e. The molecule has 0 saturated heterocycles. The molecule has 0 fully saturated rings. The summed E-state index contributed by atoms with van der Waals surface area (Å²) >= 11 is 3.65. The first-order chi connectivity index (χ1) is 8.26. The van der Waals surface area contributed by atoms with Gasteiger partial charge in [-0.3, -0.25) is 0 Å². The van der Waals surface area contributed by atoms with Gasteiger partial charge in [0, 0.05) is 10.7 Å². The number of halogens is 1. The molecule has 0 aromatic carbocycles. The van der Waals surface area contributed by atoms with Gasteiger partial charge in [0.2, 0.25) is 0 Å². The molecule has 0 unspecified atom stereocenters. The monoisotopic (exact) mass is 302 g/mol. The SMILES string of the molecule is CCCC(CBr)(CCC)COCc1ccco1. The lowest BCUT2D eigenvalue weighted by molar-refractivity contribution is 0.0278. The van der Waals surface area contributed by atoms with Crippen LogP contribution in [0.2, 0.25) is 0 Å². The van der Waals surface area contributed by atoms with Crippen molar-refractivity contribution in [1.82, 2.24) is 0 Å². The molecular weight excluding hydrogens is 280 g/mol. The molecule has 0 amide bonds. The molecule has 1 rings (SSSR count). The number of hydrogen-bond donors (Lipinski definition) is 0. The third-order valence-corrected chi connectivity index (χ3v) is 4.27. The summed E-state index contributed by atoms with van der Waals surface area (Å²) in [5.41, 5.74) is 0.288. The Morgan fingerprint density at radius 2 is 2.00 bits per heavy atom. The minimum atomic E-state index is 0.288. The average Bonchev–Trinajstić information content (AvgIpc) is 2.82. The highest BCUT2D eigenvalue weighted by molar-refractivity contribution is 9.09. The van der Waals surface area contributed by atoms with Gasteiger partial charge in [0.05, 0.1) is 12.9 Å². The van der Waals surface area contributed by atoms with Crippen molar-refractivity contribution in [1.29, 1.82) is 0 Å². The summed E-state index contributed by atoms with van der Waals surface area (Å²) in [6.07, 6.45) is 6.52. The fourth-order valence-electron chi connectivity index (χ4n) is 2.27. The predicted molar refractivity (Wildman–Crippen MR) is 74.4 cm³/mol. The summed E-state index contributed by atoms with van der Waals surface area (Å²) < 4.78 is 11.1. The van der Waals surface area contributed by atoms with Gasteiger partial charge in [0.15, 0.2) is 0 Å². The molecule has 2 nitrogen and oxygen atoms in total. The fourth-order valence-corrected chi connectivity index (χ4v) is 2.99. The zero-order chi connectivity index (χ0) is 12.6. The van der Waals surface area contributed by atoms with E-state index in [1.165, 1.54) is 25.7 Å². The highest BCUT2D eigenvalue weighted by atomic mass is 79.9. The van der Waals surface area contributed by atoms with E-state index in [-0.39, 0.29) is 5.41 Å². The van der Waals surface area contributed by atoms with Crippen LogP contribution in [0.4, 0.5) is 0 Å². The second kappa shape index (κ2) is 7.93. The Kier molecular flexibility index (Phi) is 6.90. The Morgan fingerprint density at radius 1 is 1.29 bits per heavy atom. The van der Waals surface area contributed by atoms with E-state index < -0.39 is 0 Å². The van der Waals surface area contributed by atoms with E-state index >= 15 is 0 Å². The zero-order valence-electron chi connectivity index (χ0n) is 10.9. The van der Waals surface area contributed by atoms with Gasteiger partial charge >= 0.3 is 0 Å². The molecule has 1 aromatic rings. The highest BCUT2D eigenvalue weighted by Crippen LogP contribution is 2.32. The standard InChI is InChI=1S/C14H23BrO2/c1-3-7-14(11-15,8-4-2)12-16-10-13-6-5-9-17-13/h5-6,9H,3-4,7-8,10-12H2,1-2H3. The smallest absolute Gasteiger partial charge is 0.129 e. The van der Waals surface area contributed by atoms with Crippen LogP contribution in [-0.2, 0) is 11.3 Å². The van der Waals surface area contributed by atoms with Crippen LogP contribution >= 0.6 is 15.9 Å². The van der Waals surface area contributed by atoms with E-state index in [1.807, 2.05) is 12.1 Å². The maximum atomic E-state index is 5.82. The summed E-state index contributed by atoms with van der Waals surface area (Å²) in [5.74, 6) is 0.904. The summed E-state index contributed by atoms with van der Waals surface area (Å²) in [7, 11) is 0. The van der Waals surface area contributed by atoms with Crippen molar-refractivity contribution in [2.75, 3.05) is 11.9 Å². The Bertz CT molecular complexity index is 276. The van der Waals surface area contributed by atoms with Gasteiger partial charge < -0.3 is 9.15 Å². The van der Waals surface area contributed by atoms with Crippen LogP contribution in [0.3, 0.4) is 0 Å². The quantitative estimate of drug-likeness (QED) is 0.613. The highest BCUT2D eigenvalue weighted by Gasteiger charge is 2.27. The molecule has 0 radical (unpaired) electrons. The van der Waals surface area contributed by atoms with Crippen molar-refractivity contribution in [2.45, 2.75) is 46.1 Å². The number of hydrogen-bond acceptors (Lipinski definition) is 2. The van der Waals surface area contributed by atoms with Crippen LogP contribution in [-0.4, -0.2) is 11.9 Å². The molecule has 0 saturated carbocycles. The Hall–Kier alpha value is -0.280. The lowest BCUT2D eigenvalue weighted by Crippen LogP contribution is -2.28. The Labute approximate surface area is 113 Å². The summed E-state index contributed by atoms with van der Waals surface area (Å²) in [6, 6.07) is 3.85. The van der Waals surface area contributed by atoms with Crippen molar-refractivity contribution in [3.8, 4) is 0 Å². The van der Waals surface area contributed by atoms with Gasteiger partial charge in [-0.25, -0.2) is 0 Å². The van der Waals surface area contributed by atoms with E-state index in [0.717, 1.165) is 17.7 Å². The normalized spacial score (nSPS) is 11.9. The molecule has 0 N–H and O–H groups in total. The van der Waals surface area contributed by atoms with E-state index in [2.05, 4.69) is 29.8 Å². The van der Waals surface area contributed by atoms with Crippen molar-refractivity contribution < 1.29 is 9.15 Å². The van der Waals surface area contributed by atoms with Crippen molar-refractivity contribution in [3.63, 3.8) is 0 Å². The lowest BCUT2D eigenvalue weighted by atomic mass is 9.82. The molecule has 0 aliphatic heterocycles. The third-order valence-electron chi connectivity index (χ3n) is 3.08. The second-order valence-electron chi connectivity index (χ2n) is 4.71. The van der Waals surface area contributed by atoms with Crippen molar-refractivity contribution in [2.24, 2.45) is 5.41 Å². The molecular formula is C14H23BrO2. The van der Waals surface area contributed by atoms with E-state index in [9.17, 15) is 0 Å². The summed E-state index contributed by atoms with van der Waals surface area (Å²) in [5, 5.41) is 1.01. The van der Waals surface area contributed by atoms with Gasteiger partial charge in [-0.2, -0.15) is 0 Å². The minimum absolute atomic E-state index is 0.288. The van der Waals surface area contributed by atoms with E-state index in [1.54, 1.807) is 6.26 Å². The second-order valence-corrected chi connectivity index (χ2v) is 5.27. The first-order valence-corrected chi connectivity index (χ1v) is 7.54. The molecule has 0 aliphatic rings. The number of rotatable bonds is 9. The number of furan rings is 1. The molecule has 17 heavy (non-hydrogen) atoms. The summed E-state index contributed by atoms with van der Waals surface area (Å²) in [4.78, 5) is 0. The first-order valence-electron chi connectivity index (χ1n) is 6.42. The number of alkyl halides is 1. The molecule has 0 aliphatic carbocycles. The van der Waals surface area contributed by atoms with Gasteiger partial charge in [0.25, 0.3) is 0 Å². The topological polar surface area (TPSA) is 22.4 Å². The van der Waals surface area contributed by atoms with Crippen LogP contribution in [0.1, 0.15) is 45.3 Å². The molecule has 98 valence electrons. The van der Waals surface area contributed by atoms with Crippen LogP contribution in [0.5, 0.6) is 0 Å². The maximum Gasteiger partial charge on any atom is 0.129 e. The maximum absolute atomic E-state index is 5.82. The number of ether oxygens (including phenoxy) is 1. The molecule has 3 heteroatoms. The van der Waals surface area contributed by atoms with Gasteiger partial charge in [-0.1, -0.05) is 42.6 Å². The van der Waals surface area contributed by atoms with Gasteiger partial charge in [-0.15, -0.1) is 0 Å². The van der Waals surface area contributed by atoms with Gasteiger partial charge in [0.1, 0.15) is 12.4 Å². The lowest BCUT2D eigenvalue weighted by Gasteiger charge is -2.31. The molecule has 0 spiro atoms. The molecule has 0 bridgehead atoms. The average molecular weight is 303 g/mol. The fraction of sp³-hybridized carbons (Fsp3) is 0.714. The Balaban J connectivity index is 2.42. The van der Waals surface area contributed by atoms with Crippen molar-refractivity contribution in [3.05, 3.63) is 24.2 Å².